The zero-order valence-corrected chi connectivity index (χ0v) is 15.6. The molecule has 2 aliphatic rings. The second-order valence-electron chi connectivity index (χ2n) is 7.79. The van der Waals surface area contributed by atoms with E-state index in [9.17, 15) is 5.11 Å². The van der Waals surface area contributed by atoms with E-state index in [2.05, 4.69) is 10.2 Å². The number of aliphatic hydroxyl groups is 1. The van der Waals surface area contributed by atoms with Gasteiger partial charge in [0.15, 0.2) is 0 Å². The Morgan fingerprint density at radius 2 is 1.92 bits per heavy atom. The number of rotatable bonds is 7. The fourth-order valence-corrected chi connectivity index (χ4v) is 4.17. The number of nitrogens with zero attached hydrogens (tertiary/aromatic N) is 1. The topological polar surface area (TPSA) is 44.7 Å². The summed E-state index contributed by atoms with van der Waals surface area (Å²) in [7, 11) is 0. The summed E-state index contributed by atoms with van der Waals surface area (Å²) >= 11 is 0. The van der Waals surface area contributed by atoms with E-state index in [1.807, 2.05) is 31.2 Å². The van der Waals surface area contributed by atoms with Gasteiger partial charge in [0.2, 0.25) is 0 Å². The molecule has 0 spiro atoms. The van der Waals surface area contributed by atoms with Gasteiger partial charge in [-0.15, -0.1) is 0 Å². The highest BCUT2D eigenvalue weighted by atomic mass is 16.5. The predicted molar refractivity (Wildman–Crippen MR) is 102 cm³/mol. The van der Waals surface area contributed by atoms with Gasteiger partial charge in [0.25, 0.3) is 0 Å². The molecule has 0 bridgehead atoms. The lowest BCUT2D eigenvalue weighted by Gasteiger charge is -2.39. The quantitative estimate of drug-likeness (QED) is 0.796. The molecule has 4 nitrogen and oxygen atoms in total. The molecular weight excluding hydrogens is 312 g/mol. The van der Waals surface area contributed by atoms with Gasteiger partial charge < -0.3 is 20.1 Å². The Morgan fingerprint density at radius 3 is 2.64 bits per heavy atom. The first-order chi connectivity index (χ1) is 12.2. The fraction of sp³-hybridized carbons (Fsp3) is 0.714. The van der Waals surface area contributed by atoms with Gasteiger partial charge >= 0.3 is 0 Å². The maximum absolute atomic E-state index is 10.2. The SMILES string of the molecule is Cc1cccc(OCC(O)CNC2CCN(C3CCCCC3)CC2)c1. The smallest absolute Gasteiger partial charge is 0.119 e. The van der Waals surface area contributed by atoms with Crippen molar-refractivity contribution in [1.29, 1.82) is 0 Å². The molecular formula is C21H34N2O2. The summed E-state index contributed by atoms with van der Waals surface area (Å²) in [6, 6.07) is 9.34. The number of nitrogens with one attached hydrogen (secondary N) is 1. The van der Waals surface area contributed by atoms with Crippen LogP contribution in [0.1, 0.15) is 50.5 Å². The Morgan fingerprint density at radius 1 is 1.16 bits per heavy atom. The molecule has 2 fully saturated rings. The van der Waals surface area contributed by atoms with Crippen molar-refractivity contribution >= 4 is 0 Å². The maximum atomic E-state index is 10.2. The second-order valence-corrected chi connectivity index (χ2v) is 7.79. The number of aryl methyl sites for hydroxylation is 1. The van der Waals surface area contributed by atoms with Crippen molar-refractivity contribution in [3.63, 3.8) is 0 Å². The standard InChI is InChI=1S/C21H34N2O2/c1-17-6-5-9-21(14-17)25-16-20(24)15-22-18-10-12-23(13-11-18)19-7-3-2-4-8-19/h5-6,9,14,18-20,22,24H,2-4,7-8,10-13,15-16H2,1H3. The third-order valence-electron chi connectivity index (χ3n) is 5.69. The van der Waals surface area contributed by atoms with E-state index in [0.29, 0.717) is 19.2 Å². The second kappa shape index (κ2) is 9.56. The maximum Gasteiger partial charge on any atom is 0.119 e. The van der Waals surface area contributed by atoms with E-state index in [4.69, 9.17) is 4.74 Å². The molecule has 0 radical (unpaired) electrons. The molecule has 1 unspecified atom stereocenters. The Balaban J connectivity index is 1.31. The van der Waals surface area contributed by atoms with E-state index in [1.165, 1.54) is 63.6 Å². The first-order valence-corrected chi connectivity index (χ1v) is 10.1. The first-order valence-electron chi connectivity index (χ1n) is 10.1. The van der Waals surface area contributed by atoms with Gasteiger partial charge in [-0.2, -0.15) is 0 Å². The van der Waals surface area contributed by atoms with Gasteiger partial charge in [0.1, 0.15) is 18.5 Å². The van der Waals surface area contributed by atoms with Crippen molar-refractivity contribution in [2.24, 2.45) is 0 Å². The molecule has 3 rings (SSSR count). The summed E-state index contributed by atoms with van der Waals surface area (Å²) in [5.41, 5.74) is 1.18. The van der Waals surface area contributed by atoms with Gasteiger partial charge in [-0.25, -0.2) is 0 Å². The lowest BCUT2D eigenvalue weighted by molar-refractivity contribution is 0.0888. The normalized spacial score (nSPS) is 22.0. The summed E-state index contributed by atoms with van der Waals surface area (Å²) in [4.78, 5) is 2.70. The Labute approximate surface area is 152 Å². The largest absolute Gasteiger partial charge is 0.491 e. The predicted octanol–water partition coefficient (Wildman–Crippen LogP) is 3.12. The van der Waals surface area contributed by atoms with Crippen LogP contribution in [0, 0.1) is 6.92 Å². The minimum atomic E-state index is -0.461. The third kappa shape index (κ3) is 5.98. The Bertz CT molecular complexity index is 508. The summed E-state index contributed by atoms with van der Waals surface area (Å²) in [5.74, 6) is 0.833. The van der Waals surface area contributed by atoms with E-state index in [1.54, 1.807) is 0 Å². The van der Waals surface area contributed by atoms with Crippen molar-refractivity contribution in [2.45, 2.75) is 70.1 Å². The molecule has 0 amide bonds. The highest BCUT2D eigenvalue weighted by Crippen LogP contribution is 2.25. The van der Waals surface area contributed by atoms with Crippen LogP contribution in [0.3, 0.4) is 0 Å². The zero-order valence-electron chi connectivity index (χ0n) is 15.6. The minimum Gasteiger partial charge on any atom is -0.491 e. The van der Waals surface area contributed by atoms with Crippen molar-refractivity contribution < 1.29 is 9.84 Å². The molecule has 1 atom stereocenters. The molecule has 1 aromatic rings. The molecule has 25 heavy (non-hydrogen) atoms. The van der Waals surface area contributed by atoms with E-state index in [-0.39, 0.29) is 0 Å². The molecule has 1 saturated heterocycles. The number of likely N-dealkylation sites (tertiary alicyclic amines) is 1. The van der Waals surface area contributed by atoms with E-state index >= 15 is 0 Å². The van der Waals surface area contributed by atoms with Crippen LogP contribution in [-0.2, 0) is 0 Å². The molecule has 1 aliphatic heterocycles. The number of piperidine rings is 1. The lowest BCUT2D eigenvalue weighted by Crippen LogP contribution is -2.48. The number of ether oxygens (including phenoxy) is 1. The summed E-state index contributed by atoms with van der Waals surface area (Å²) in [5, 5.41) is 13.7. The van der Waals surface area contributed by atoms with E-state index < -0.39 is 6.10 Å². The van der Waals surface area contributed by atoms with Gasteiger partial charge in [0, 0.05) is 18.6 Å². The van der Waals surface area contributed by atoms with Crippen LogP contribution in [0.4, 0.5) is 0 Å². The lowest BCUT2D eigenvalue weighted by atomic mass is 9.92. The molecule has 2 N–H and O–H groups in total. The van der Waals surface area contributed by atoms with Crippen molar-refractivity contribution in [3.05, 3.63) is 29.8 Å². The summed E-state index contributed by atoms with van der Waals surface area (Å²) in [6.07, 6.45) is 8.98. The van der Waals surface area contributed by atoms with Crippen LogP contribution >= 0.6 is 0 Å². The molecule has 1 heterocycles. The highest BCUT2D eigenvalue weighted by molar-refractivity contribution is 5.27. The van der Waals surface area contributed by atoms with Gasteiger partial charge in [-0.1, -0.05) is 31.4 Å². The minimum absolute atomic E-state index is 0.345. The average Bonchev–Trinajstić information content (AvgIpc) is 2.66. The highest BCUT2D eigenvalue weighted by Gasteiger charge is 2.26. The molecule has 1 saturated carbocycles. The molecule has 140 valence electrons. The van der Waals surface area contributed by atoms with Crippen molar-refractivity contribution in [2.75, 3.05) is 26.2 Å². The molecule has 0 aromatic heterocycles. The van der Waals surface area contributed by atoms with E-state index in [0.717, 1.165) is 11.8 Å². The van der Waals surface area contributed by atoms with Crippen LogP contribution in [0.5, 0.6) is 5.75 Å². The fourth-order valence-electron chi connectivity index (χ4n) is 4.17. The summed E-state index contributed by atoms with van der Waals surface area (Å²) in [6.45, 7) is 5.41. The van der Waals surface area contributed by atoms with Gasteiger partial charge in [-0.3, -0.25) is 0 Å². The molecule has 1 aliphatic carbocycles. The van der Waals surface area contributed by atoms with Crippen molar-refractivity contribution in [1.82, 2.24) is 10.2 Å². The van der Waals surface area contributed by atoms with Gasteiger partial charge in [-0.05, 0) is 63.4 Å². The van der Waals surface area contributed by atoms with Crippen LogP contribution in [0.25, 0.3) is 0 Å². The van der Waals surface area contributed by atoms with Crippen LogP contribution in [0.2, 0.25) is 0 Å². The number of aliphatic hydroxyl groups excluding tert-OH is 1. The zero-order chi connectivity index (χ0) is 17.5. The van der Waals surface area contributed by atoms with Crippen LogP contribution < -0.4 is 10.1 Å². The van der Waals surface area contributed by atoms with Crippen LogP contribution in [0.15, 0.2) is 24.3 Å². The Hall–Kier alpha value is -1.10. The molecule has 1 aromatic carbocycles. The average molecular weight is 347 g/mol. The monoisotopic (exact) mass is 346 g/mol. The number of hydrogen-bond donors (Lipinski definition) is 2. The first kappa shape index (κ1) is 18.7. The molecule has 4 heteroatoms. The number of benzene rings is 1. The third-order valence-corrected chi connectivity index (χ3v) is 5.69. The van der Waals surface area contributed by atoms with Gasteiger partial charge in [0.05, 0.1) is 0 Å². The summed E-state index contributed by atoms with van der Waals surface area (Å²) < 4.78 is 5.69. The Kier molecular flexibility index (Phi) is 7.14. The van der Waals surface area contributed by atoms with Crippen molar-refractivity contribution in [3.8, 4) is 5.75 Å². The number of hydrogen-bond acceptors (Lipinski definition) is 4. The van der Waals surface area contributed by atoms with Crippen LogP contribution in [-0.4, -0.2) is 54.4 Å².